The zero-order valence-electron chi connectivity index (χ0n) is 17.5. The van der Waals surface area contributed by atoms with Crippen LogP contribution in [0.15, 0.2) is 82.8 Å². The van der Waals surface area contributed by atoms with Crippen LogP contribution in [0.5, 0.6) is 5.75 Å². The van der Waals surface area contributed by atoms with Crippen LogP contribution in [0.4, 0.5) is 0 Å². The summed E-state index contributed by atoms with van der Waals surface area (Å²) < 4.78 is 60.3. The molecule has 10 heteroatoms. The van der Waals surface area contributed by atoms with Crippen LogP contribution in [-0.2, 0) is 19.9 Å². The SMILES string of the molecule is CC(C)Oc1ccc(S(=O)(=O)NC[C@H](c2cccnc2)S(=O)(=O)c2ccc(Cl)cc2)cc1. The molecule has 0 aliphatic rings. The molecule has 32 heavy (non-hydrogen) atoms. The summed E-state index contributed by atoms with van der Waals surface area (Å²) >= 11 is 5.88. The summed E-state index contributed by atoms with van der Waals surface area (Å²) in [6.45, 7) is 3.36. The number of nitrogens with one attached hydrogen (secondary N) is 1. The molecule has 1 aromatic heterocycles. The first-order valence-electron chi connectivity index (χ1n) is 9.75. The standard InChI is InChI=1S/C22H23ClN2O5S2/c1-16(2)30-19-7-11-21(12-8-19)32(28,29)25-15-22(17-4-3-13-24-14-17)31(26,27)20-9-5-18(23)6-10-20/h3-14,16,22,25H,15H2,1-2H3/t22-/m1/s1. The van der Waals surface area contributed by atoms with E-state index in [9.17, 15) is 16.8 Å². The maximum atomic E-state index is 13.3. The Labute approximate surface area is 193 Å². The Morgan fingerprint density at radius 3 is 2.12 bits per heavy atom. The van der Waals surface area contributed by atoms with E-state index in [0.29, 0.717) is 16.3 Å². The molecular formula is C22H23ClN2O5S2. The van der Waals surface area contributed by atoms with E-state index in [4.69, 9.17) is 16.3 Å². The molecule has 0 radical (unpaired) electrons. The van der Waals surface area contributed by atoms with E-state index in [1.54, 1.807) is 24.3 Å². The molecule has 0 spiro atoms. The molecule has 0 bridgehead atoms. The second-order valence-corrected chi connectivity index (χ2v) is 11.6. The molecule has 1 heterocycles. The molecular weight excluding hydrogens is 472 g/mol. The van der Waals surface area contributed by atoms with Crippen molar-refractivity contribution in [2.75, 3.05) is 6.54 Å². The first kappa shape index (κ1) is 24.2. The first-order valence-corrected chi connectivity index (χ1v) is 13.2. The molecule has 3 aromatic rings. The van der Waals surface area contributed by atoms with Gasteiger partial charge in [-0.05, 0) is 74.0 Å². The second kappa shape index (κ2) is 9.99. The third kappa shape index (κ3) is 5.86. The van der Waals surface area contributed by atoms with Crippen molar-refractivity contribution in [1.82, 2.24) is 9.71 Å². The molecule has 2 aromatic carbocycles. The van der Waals surface area contributed by atoms with Gasteiger partial charge in [-0.1, -0.05) is 17.7 Å². The molecule has 0 fully saturated rings. The Hall–Kier alpha value is -2.46. The van der Waals surface area contributed by atoms with Gasteiger partial charge in [0.1, 0.15) is 11.0 Å². The number of hydrogen-bond acceptors (Lipinski definition) is 6. The Morgan fingerprint density at radius 1 is 0.938 bits per heavy atom. The van der Waals surface area contributed by atoms with E-state index in [-0.39, 0.29) is 22.4 Å². The number of hydrogen-bond donors (Lipinski definition) is 1. The van der Waals surface area contributed by atoms with E-state index in [1.165, 1.54) is 48.8 Å². The lowest BCUT2D eigenvalue weighted by molar-refractivity contribution is 0.242. The molecule has 1 atom stereocenters. The number of sulfonamides is 1. The third-order valence-corrected chi connectivity index (χ3v) is 8.35. The highest BCUT2D eigenvalue weighted by Gasteiger charge is 2.31. The van der Waals surface area contributed by atoms with Gasteiger partial charge in [0.05, 0.1) is 15.9 Å². The Kier molecular flexibility index (Phi) is 7.55. The molecule has 0 saturated heterocycles. The van der Waals surface area contributed by atoms with Crippen molar-refractivity contribution in [1.29, 1.82) is 0 Å². The van der Waals surface area contributed by atoms with Gasteiger partial charge in [0, 0.05) is 24.0 Å². The molecule has 0 aliphatic heterocycles. The van der Waals surface area contributed by atoms with Gasteiger partial charge in [0.25, 0.3) is 0 Å². The molecule has 0 amide bonds. The van der Waals surface area contributed by atoms with E-state index < -0.39 is 25.1 Å². The number of ether oxygens (including phenoxy) is 1. The van der Waals surface area contributed by atoms with E-state index in [2.05, 4.69) is 9.71 Å². The van der Waals surface area contributed by atoms with Gasteiger partial charge in [0.15, 0.2) is 9.84 Å². The van der Waals surface area contributed by atoms with Gasteiger partial charge < -0.3 is 4.74 Å². The summed E-state index contributed by atoms with van der Waals surface area (Å²) in [5, 5.41) is -0.789. The normalized spacial score (nSPS) is 13.1. The number of aromatic nitrogens is 1. The van der Waals surface area contributed by atoms with Crippen LogP contribution in [0.25, 0.3) is 0 Å². The Bertz CT molecular complexity index is 1250. The van der Waals surface area contributed by atoms with Crippen molar-refractivity contribution in [3.63, 3.8) is 0 Å². The highest BCUT2D eigenvalue weighted by Crippen LogP contribution is 2.29. The van der Waals surface area contributed by atoms with Gasteiger partial charge in [-0.25, -0.2) is 21.6 Å². The van der Waals surface area contributed by atoms with Crippen molar-refractivity contribution in [3.8, 4) is 5.75 Å². The predicted molar refractivity (Wildman–Crippen MR) is 123 cm³/mol. The molecule has 0 aliphatic carbocycles. The number of rotatable bonds is 9. The summed E-state index contributed by atoms with van der Waals surface area (Å²) in [6.07, 6.45) is 2.87. The minimum atomic E-state index is -3.97. The zero-order chi connectivity index (χ0) is 23.4. The average molecular weight is 495 g/mol. The Morgan fingerprint density at radius 2 is 1.56 bits per heavy atom. The summed E-state index contributed by atoms with van der Waals surface area (Å²) in [7, 11) is -7.91. The molecule has 7 nitrogen and oxygen atoms in total. The smallest absolute Gasteiger partial charge is 0.240 e. The van der Waals surface area contributed by atoms with Gasteiger partial charge >= 0.3 is 0 Å². The number of nitrogens with zero attached hydrogens (tertiary/aromatic N) is 1. The van der Waals surface area contributed by atoms with Crippen LogP contribution in [0.1, 0.15) is 24.7 Å². The minimum Gasteiger partial charge on any atom is -0.491 e. The highest BCUT2D eigenvalue weighted by atomic mass is 35.5. The molecule has 1 N–H and O–H groups in total. The average Bonchev–Trinajstić information content (AvgIpc) is 2.75. The van der Waals surface area contributed by atoms with Crippen LogP contribution in [0, 0.1) is 0 Å². The van der Waals surface area contributed by atoms with Crippen molar-refractivity contribution in [2.45, 2.75) is 35.0 Å². The fourth-order valence-electron chi connectivity index (χ4n) is 3.00. The second-order valence-electron chi connectivity index (χ2n) is 7.26. The van der Waals surface area contributed by atoms with Crippen LogP contribution < -0.4 is 9.46 Å². The lowest BCUT2D eigenvalue weighted by atomic mass is 10.2. The van der Waals surface area contributed by atoms with E-state index in [0.717, 1.165) is 0 Å². The maximum absolute atomic E-state index is 13.3. The quantitative estimate of drug-likeness (QED) is 0.482. The summed E-state index contributed by atoms with van der Waals surface area (Å²) in [5.74, 6) is 0.539. The van der Waals surface area contributed by atoms with Crippen molar-refractivity contribution >= 4 is 31.5 Å². The zero-order valence-corrected chi connectivity index (χ0v) is 19.9. The third-order valence-electron chi connectivity index (χ3n) is 4.54. The van der Waals surface area contributed by atoms with Gasteiger partial charge in [-0.2, -0.15) is 0 Å². The van der Waals surface area contributed by atoms with Gasteiger partial charge in [-0.15, -0.1) is 0 Å². The van der Waals surface area contributed by atoms with Gasteiger partial charge in [-0.3, -0.25) is 4.98 Å². The largest absolute Gasteiger partial charge is 0.491 e. The van der Waals surface area contributed by atoms with Crippen LogP contribution in [-0.4, -0.2) is 34.5 Å². The summed E-state index contributed by atoms with van der Waals surface area (Å²) in [6, 6.07) is 14.8. The highest BCUT2D eigenvalue weighted by molar-refractivity contribution is 7.92. The predicted octanol–water partition coefficient (Wildman–Crippen LogP) is 4.02. The summed E-state index contributed by atoms with van der Waals surface area (Å²) in [4.78, 5) is 4.02. The summed E-state index contributed by atoms with van der Waals surface area (Å²) in [5.41, 5.74) is 0.367. The number of pyridine rings is 1. The van der Waals surface area contributed by atoms with Crippen molar-refractivity contribution in [2.24, 2.45) is 0 Å². The minimum absolute atomic E-state index is 0.00225. The molecule has 3 rings (SSSR count). The van der Waals surface area contributed by atoms with Crippen LogP contribution >= 0.6 is 11.6 Å². The molecule has 0 saturated carbocycles. The van der Waals surface area contributed by atoms with Crippen LogP contribution in [0.3, 0.4) is 0 Å². The number of sulfone groups is 1. The fourth-order valence-corrected chi connectivity index (χ4v) is 5.92. The number of halogens is 1. The lowest BCUT2D eigenvalue weighted by Crippen LogP contribution is -2.32. The molecule has 170 valence electrons. The van der Waals surface area contributed by atoms with Gasteiger partial charge in [0.2, 0.25) is 10.0 Å². The number of benzene rings is 2. The topological polar surface area (TPSA) is 102 Å². The van der Waals surface area contributed by atoms with E-state index in [1.807, 2.05) is 13.8 Å². The first-order chi connectivity index (χ1) is 15.1. The lowest BCUT2D eigenvalue weighted by Gasteiger charge is -2.19. The van der Waals surface area contributed by atoms with E-state index >= 15 is 0 Å². The fraction of sp³-hybridized carbons (Fsp3) is 0.227. The van der Waals surface area contributed by atoms with Crippen molar-refractivity contribution in [3.05, 3.63) is 83.6 Å². The van der Waals surface area contributed by atoms with Crippen LogP contribution in [0.2, 0.25) is 5.02 Å². The maximum Gasteiger partial charge on any atom is 0.240 e. The molecule has 0 unspecified atom stereocenters. The monoisotopic (exact) mass is 494 g/mol. The van der Waals surface area contributed by atoms with Crippen molar-refractivity contribution < 1.29 is 21.6 Å². The Balaban J connectivity index is 1.88.